The van der Waals surface area contributed by atoms with E-state index in [1.54, 1.807) is 0 Å². The Balaban J connectivity index is 1.40. The number of rotatable bonds is 6. The summed E-state index contributed by atoms with van der Waals surface area (Å²) < 4.78 is 7.90. The van der Waals surface area contributed by atoms with Crippen molar-refractivity contribution in [3.8, 4) is 0 Å². The Morgan fingerprint density at radius 1 is 1.04 bits per heavy atom. The highest BCUT2D eigenvalue weighted by Gasteiger charge is 2.24. The predicted molar refractivity (Wildman–Crippen MR) is 93.8 cm³/mol. The molecule has 0 saturated carbocycles. The standard InChI is InChI=1S/C19H23N5O/c1-2-7-16(8-3-1)13-18-21-22-19(25-18)15-23-11-5-4-9-17(23)14-24-12-6-10-20-24/h1-3,6-8,10,12,17H,4-5,9,11,13-15H2/t17-/m1/s1. The summed E-state index contributed by atoms with van der Waals surface area (Å²) in [6, 6.07) is 12.7. The van der Waals surface area contributed by atoms with Crippen molar-refractivity contribution in [1.82, 2.24) is 24.9 Å². The normalized spacial score (nSPS) is 18.5. The maximum Gasteiger partial charge on any atom is 0.230 e. The Hall–Kier alpha value is -2.47. The smallest absolute Gasteiger partial charge is 0.230 e. The van der Waals surface area contributed by atoms with E-state index < -0.39 is 0 Å². The van der Waals surface area contributed by atoms with Crippen LogP contribution in [0.5, 0.6) is 0 Å². The molecule has 0 N–H and O–H groups in total. The molecule has 0 spiro atoms. The van der Waals surface area contributed by atoms with Crippen LogP contribution in [0.25, 0.3) is 0 Å². The van der Waals surface area contributed by atoms with Crippen LogP contribution in [0.4, 0.5) is 0 Å². The molecule has 1 atom stereocenters. The predicted octanol–water partition coefficient (Wildman–Crippen LogP) is 2.91. The molecule has 3 aromatic rings. The van der Waals surface area contributed by atoms with Crippen molar-refractivity contribution < 1.29 is 4.42 Å². The van der Waals surface area contributed by atoms with Gasteiger partial charge in [-0.25, -0.2) is 0 Å². The SMILES string of the molecule is c1ccc(Cc2nnc(CN3CCCC[C@@H]3Cn3cccn3)o2)cc1. The van der Waals surface area contributed by atoms with Gasteiger partial charge in [0.25, 0.3) is 0 Å². The minimum absolute atomic E-state index is 0.470. The van der Waals surface area contributed by atoms with Crippen molar-refractivity contribution >= 4 is 0 Å². The summed E-state index contributed by atoms with van der Waals surface area (Å²) in [6.07, 6.45) is 8.22. The molecule has 0 radical (unpaired) electrons. The summed E-state index contributed by atoms with van der Waals surface area (Å²) >= 11 is 0. The number of aromatic nitrogens is 4. The minimum atomic E-state index is 0.470. The lowest BCUT2D eigenvalue weighted by Crippen LogP contribution is -2.41. The summed E-state index contributed by atoms with van der Waals surface area (Å²) in [5.74, 6) is 1.39. The molecule has 25 heavy (non-hydrogen) atoms. The van der Waals surface area contributed by atoms with Gasteiger partial charge in [0.15, 0.2) is 0 Å². The Bertz CT molecular complexity index is 768. The molecule has 3 heterocycles. The second-order valence-electron chi connectivity index (χ2n) is 6.60. The highest BCUT2D eigenvalue weighted by molar-refractivity contribution is 5.17. The van der Waals surface area contributed by atoms with Crippen LogP contribution in [-0.2, 0) is 19.5 Å². The topological polar surface area (TPSA) is 60.0 Å². The van der Waals surface area contributed by atoms with Crippen molar-refractivity contribution in [3.05, 3.63) is 66.1 Å². The molecule has 1 fully saturated rings. The molecule has 130 valence electrons. The third kappa shape index (κ3) is 4.14. The molecule has 1 saturated heterocycles. The number of nitrogens with zero attached hydrogens (tertiary/aromatic N) is 5. The molecular weight excluding hydrogens is 314 g/mol. The first-order valence-corrected chi connectivity index (χ1v) is 8.93. The third-order valence-corrected chi connectivity index (χ3v) is 4.75. The van der Waals surface area contributed by atoms with Gasteiger partial charge in [-0.15, -0.1) is 10.2 Å². The third-order valence-electron chi connectivity index (χ3n) is 4.75. The molecule has 4 rings (SSSR count). The first kappa shape index (κ1) is 16.0. The lowest BCUT2D eigenvalue weighted by molar-refractivity contribution is 0.110. The van der Waals surface area contributed by atoms with Crippen molar-refractivity contribution in [3.63, 3.8) is 0 Å². The Morgan fingerprint density at radius 3 is 2.76 bits per heavy atom. The van der Waals surface area contributed by atoms with Gasteiger partial charge < -0.3 is 4.42 Å². The van der Waals surface area contributed by atoms with Crippen LogP contribution in [-0.4, -0.2) is 37.5 Å². The zero-order valence-electron chi connectivity index (χ0n) is 14.3. The van der Waals surface area contributed by atoms with E-state index in [2.05, 4.69) is 32.3 Å². The average molecular weight is 337 g/mol. The van der Waals surface area contributed by atoms with E-state index in [0.29, 0.717) is 30.8 Å². The van der Waals surface area contributed by atoms with Gasteiger partial charge in [-0.3, -0.25) is 9.58 Å². The second-order valence-corrected chi connectivity index (χ2v) is 6.60. The van der Waals surface area contributed by atoms with Gasteiger partial charge >= 0.3 is 0 Å². The van der Waals surface area contributed by atoms with Crippen LogP contribution in [0.2, 0.25) is 0 Å². The van der Waals surface area contributed by atoms with Crippen molar-refractivity contribution in [1.29, 1.82) is 0 Å². The molecule has 6 nitrogen and oxygen atoms in total. The molecule has 1 aromatic carbocycles. The Kier molecular flexibility index (Phi) is 4.88. The molecule has 0 amide bonds. The number of hydrogen-bond acceptors (Lipinski definition) is 5. The number of piperidine rings is 1. The Labute approximate surface area is 147 Å². The van der Waals surface area contributed by atoms with Crippen LogP contribution in [0.1, 0.15) is 36.6 Å². The lowest BCUT2D eigenvalue weighted by atomic mass is 10.0. The van der Waals surface area contributed by atoms with Gasteiger partial charge in [0.1, 0.15) is 0 Å². The van der Waals surface area contributed by atoms with E-state index >= 15 is 0 Å². The summed E-state index contributed by atoms with van der Waals surface area (Å²) in [6.45, 7) is 2.70. The molecule has 6 heteroatoms. The molecule has 0 aliphatic carbocycles. The lowest BCUT2D eigenvalue weighted by Gasteiger charge is -2.34. The van der Waals surface area contributed by atoms with Gasteiger partial charge in [0, 0.05) is 18.4 Å². The molecule has 2 aromatic heterocycles. The fourth-order valence-electron chi connectivity index (χ4n) is 3.47. The van der Waals surface area contributed by atoms with Crippen LogP contribution in [0.3, 0.4) is 0 Å². The fraction of sp³-hybridized carbons (Fsp3) is 0.421. The van der Waals surface area contributed by atoms with E-state index in [1.807, 2.05) is 41.3 Å². The number of benzene rings is 1. The summed E-state index contributed by atoms with van der Waals surface area (Å²) in [5, 5.41) is 12.8. The van der Waals surface area contributed by atoms with Gasteiger partial charge in [-0.2, -0.15) is 5.10 Å². The average Bonchev–Trinajstić information content (AvgIpc) is 3.30. The summed E-state index contributed by atoms with van der Waals surface area (Å²) in [7, 11) is 0. The maximum absolute atomic E-state index is 5.89. The first-order chi connectivity index (χ1) is 12.4. The molecule has 0 unspecified atom stereocenters. The maximum atomic E-state index is 5.89. The van der Waals surface area contributed by atoms with E-state index in [0.717, 1.165) is 13.1 Å². The quantitative estimate of drug-likeness (QED) is 0.692. The van der Waals surface area contributed by atoms with E-state index in [-0.39, 0.29) is 0 Å². The van der Waals surface area contributed by atoms with Crippen LogP contribution < -0.4 is 0 Å². The number of hydrogen-bond donors (Lipinski definition) is 0. The first-order valence-electron chi connectivity index (χ1n) is 8.93. The van der Waals surface area contributed by atoms with Crippen molar-refractivity contribution in [2.45, 2.75) is 44.8 Å². The van der Waals surface area contributed by atoms with Crippen LogP contribution in [0.15, 0.2) is 53.2 Å². The largest absolute Gasteiger partial charge is 0.424 e. The zero-order valence-corrected chi connectivity index (χ0v) is 14.3. The molecule has 0 bridgehead atoms. The number of likely N-dealkylation sites (tertiary alicyclic amines) is 1. The highest BCUT2D eigenvalue weighted by atomic mass is 16.4. The van der Waals surface area contributed by atoms with E-state index in [9.17, 15) is 0 Å². The van der Waals surface area contributed by atoms with E-state index in [1.165, 1.54) is 24.8 Å². The monoisotopic (exact) mass is 337 g/mol. The van der Waals surface area contributed by atoms with Gasteiger partial charge in [0.05, 0.1) is 19.5 Å². The van der Waals surface area contributed by atoms with Crippen molar-refractivity contribution in [2.24, 2.45) is 0 Å². The van der Waals surface area contributed by atoms with Crippen molar-refractivity contribution in [2.75, 3.05) is 6.54 Å². The minimum Gasteiger partial charge on any atom is -0.424 e. The summed E-state index contributed by atoms with van der Waals surface area (Å²) in [4.78, 5) is 2.45. The summed E-state index contributed by atoms with van der Waals surface area (Å²) in [5.41, 5.74) is 1.19. The second kappa shape index (κ2) is 7.61. The fourth-order valence-corrected chi connectivity index (χ4v) is 3.47. The van der Waals surface area contributed by atoms with E-state index in [4.69, 9.17) is 4.42 Å². The molecular formula is C19H23N5O. The van der Waals surface area contributed by atoms with Gasteiger partial charge in [-0.05, 0) is 31.0 Å². The zero-order chi connectivity index (χ0) is 16.9. The van der Waals surface area contributed by atoms with Crippen LogP contribution in [0, 0.1) is 0 Å². The van der Waals surface area contributed by atoms with Crippen LogP contribution >= 0.6 is 0 Å². The Morgan fingerprint density at radius 2 is 1.92 bits per heavy atom. The van der Waals surface area contributed by atoms with Gasteiger partial charge in [-0.1, -0.05) is 36.8 Å². The highest BCUT2D eigenvalue weighted by Crippen LogP contribution is 2.21. The molecule has 1 aliphatic rings. The van der Waals surface area contributed by atoms with Gasteiger partial charge in [0.2, 0.25) is 11.8 Å². The molecule has 1 aliphatic heterocycles.